The van der Waals surface area contributed by atoms with Gasteiger partial charge in [0.05, 0.1) is 18.3 Å². The van der Waals surface area contributed by atoms with Crippen molar-refractivity contribution >= 4 is 22.4 Å². The Morgan fingerprint density at radius 1 is 1.14 bits per heavy atom. The summed E-state index contributed by atoms with van der Waals surface area (Å²) in [6.07, 6.45) is -4.05. The molecule has 0 aliphatic carbocycles. The van der Waals surface area contributed by atoms with Crippen molar-refractivity contribution in [2.45, 2.75) is 18.7 Å². The zero-order valence-electron chi connectivity index (χ0n) is 19.1. The molecule has 3 aromatic carbocycles. The third kappa shape index (κ3) is 6.43. The van der Waals surface area contributed by atoms with Crippen LogP contribution in [0.3, 0.4) is 0 Å². The van der Waals surface area contributed by atoms with E-state index in [0.717, 1.165) is 19.0 Å². The number of nitrogens with zero attached hydrogens (tertiary/aromatic N) is 1. The zero-order chi connectivity index (χ0) is 24.8. The number of carbonyl (C=O) groups is 1. The molecular weight excluding hydrogens is 461 g/mol. The fourth-order valence-corrected chi connectivity index (χ4v) is 4.31. The Balaban J connectivity index is 1.36. The molecule has 186 valence electrons. The monoisotopic (exact) mass is 488 g/mol. The SMILES string of the molecule is O=C(O)COc1ccc(N2CCOC(CNCCc3cccc4ccccc34)C2)c(C(F)(F)F)c1. The summed E-state index contributed by atoms with van der Waals surface area (Å²) in [5.74, 6) is -1.39. The number of aliphatic carboxylic acids is 1. The van der Waals surface area contributed by atoms with E-state index in [1.807, 2.05) is 18.2 Å². The van der Waals surface area contributed by atoms with Gasteiger partial charge in [-0.2, -0.15) is 13.2 Å². The van der Waals surface area contributed by atoms with Gasteiger partial charge in [-0.15, -0.1) is 0 Å². The van der Waals surface area contributed by atoms with Gasteiger partial charge < -0.3 is 24.8 Å². The molecule has 1 unspecified atom stereocenters. The lowest BCUT2D eigenvalue weighted by Gasteiger charge is -2.36. The number of hydrogen-bond acceptors (Lipinski definition) is 5. The van der Waals surface area contributed by atoms with E-state index in [0.29, 0.717) is 26.2 Å². The maximum atomic E-state index is 13.8. The van der Waals surface area contributed by atoms with Crippen molar-refractivity contribution in [2.24, 2.45) is 0 Å². The van der Waals surface area contributed by atoms with E-state index in [-0.39, 0.29) is 17.5 Å². The summed E-state index contributed by atoms with van der Waals surface area (Å²) in [5.41, 5.74) is 0.413. The number of fused-ring (bicyclic) bond motifs is 1. The molecule has 2 N–H and O–H groups in total. The third-order valence-electron chi connectivity index (χ3n) is 5.94. The highest BCUT2D eigenvalue weighted by Gasteiger charge is 2.36. The van der Waals surface area contributed by atoms with Crippen LogP contribution >= 0.6 is 0 Å². The van der Waals surface area contributed by atoms with Crippen LogP contribution in [-0.4, -0.2) is 56.6 Å². The number of hydrogen-bond donors (Lipinski definition) is 2. The first-order valence-corrected chi connectivity index (χ1v) is 11.4. The minimum Gasteiger partial charge on any atom is -0.482 e. The van der Waals surface area contributed by atoms with Crippen LogP contribution in [0.15, 0.2) is 60.7 Å². The van der Waals surface area contributed by atoms with Crippen LogP contribution in [0.1, 0.15) is 11.1 Å². The number of alkyl halides is 3. The van der Waals surface area contributed by atoms with Gasteiger partial charge in [-0.25, -0.2) is 4.79 Å². The van der Waals surface area contributed by atoms with Gasteiger partial charge in [0.2, 0.25) is 0 Å². The quantitative estimate of drug-likeness (QED) is 0.436. The molecule has 0 saturated carbocycles. The number of morpholine rings is 1. The molecule has 0 spiro atoms. The summed E-state index contributed by atoms with van der Waals surface area (Å²) in [7, 11) is 0. The molecule has 1 fully saturated rings. The Kier molecular flexibility index (Phi) is 7.77. The van der Waals surface area contributed by atoms with Gasteiger partial charge in [-0.3, -0.25) is 0 Å². The van der Waals surface area contributed by atoms with Crippen molar-refractivity contribution in [3.05, 3.63) is 71.8 Å². The van der Waals surface area contributed by atoms with Crippen LogP contribution < -0.4 is 15.0 Å². The molecule has 0 bridgehead atoms. The Morgan fingerprint density at radius 3 is 2.74 bits per heavy atom. The highest BCUT2D eigenvalue weighted by atomic mass is 19.4. The highest BCUT2D eigenvalue weighted by molar-refractivity contribution is 5.85. The first kappa shape index (κ1) is 24.8. The van der Waals surface area contributed by atoms with Crippen molar-refractivity contribution < 1.29 is 32.5 Å². The zero-order valence-corrected chi connectivity index (χ0v) is 19.1. The number of nitrogens with one attached hydrogen (secondary N) is 1. The first-order valence-electron chi connectivity index (χ1n) is 11.4. The molecule has 0 amide bonds. The topological polar surface area (TPSA) is 71.0 Å². The molecule has 0 radical (unpaired) electrons. The molecule has 1 aliphatic rings. The minimum absolute atomic E-state index is 0.0317. The molecule has 6 nitrogen and oxygen atoms in total. The molecule has 4 rings (SSSR count). The van der Waals surface area contributed by atoms with Crippen molar-refractivity contribution in [3.63, 3.8) is 0 Å². The minimum atomic E-state index is -4.61. The lowest BCUT2D eigenvalue weighted by Crippen LogP contribution is -2.47. The molecule has 1 atom stereocenters. The van der Waals surface area contributed by atoms with E-state index < -0.39 is 24.3 Å². The summed E-state index contributed by atoms with van der Waals surface area (Å²) in [5, 5.41) is 14.5. The van der Waals surface area contributed by atoms with E-state index in [1.165, 1.54) is 28.5 Å². The van der Waals surface area contributed by atoms with Crippen molar-refractivity contribution in [2.75, 3.05) is 44.3 Å². The molecule has 1 aliphatic heterocycles. The molecule has 35 heavy (non-hydrogen) atoms. The van der Waals surface area contributed by atoms with Gasteiger partial charge in [0.1, 0.15) is 5.75 Å². The Labute approximate surface area is 201 Å². The number of halogens is 3. The van der Waals surface area contributed by atoms with Crippen molar-refractivity contribution in [1.29, 1.82) is 0 Å². The van der Waals surface area contributed by atoms with Crippen LogP contribution in [-0.2, 0) is 22.1 Å². The van der Waals surface area contributed by atoms with Crippen LogP contribution in [0.5, 0.6) is 5.75 Å². The van der Waals surface area contributed by atoms with Gasteiger partial charge in [-0.1, -0.05) is 42.5 Å². The Hall–Kier alpha value is -3.30. The van der Waals surface area contributed by atoms with E-state index >= 15 is 0 Å². The lowest BCUT2D eigenvalue weighted by atomic mass is 10.0. The van der Waals surface area contributed by atoms with Crippen LogP contribution in [0, 0.1) is 0 Å². The second-order valence-electron chi connectivity index (χ2n) is 8.39. The molecule has 0 aromatic heterocycles. The van der Waals surface area contributed by atoms with E-state index in [2.05, 4.69) is 29.6 Å². The predicted molar refractivity (Wildman–Crippen MR) is 127 cm³/mol. The van der Waals surface area contributed by atoms with Gasteiger partial charge >= 0.3 is 12.1 Å². The first-order chi connectivity index (χ1) is 16.8. The summed E-state index contributed by atoms with van der Waals surface area (Å²) < 4.78 is 52.0. The van der Waals surface area contributed by atoms with E-state index in [1.54, 1.807) is 4.90 Å². The Bertz CT molecular complexity index is 1160. The van der Waals surface area contributed by atoms with Crippen molar-refractivity contribution in [1.82, 2.24) is 5.32 Å². The number of carboxylic acid groups (broad SMARTS) is 1. The van der Waals surface area contributed by atoms with Crippen molar-refractivity contribution in [3.8, 4) is 5.75 Å². The number of ether oxygens (including phenoxy) is 2. The molecular formula is C26H27F3N2O4. The maximum absolute atomic E-state index is 13.8. The summed E-state index contributed by atoms with van der Waals surface area (Å²) in [6.45, 7) is 1.47. The summed E-state index contributed by atoms with van der Waals surface area (Å²) in [4.78, 5) is 12.3. The predicted octanol–water partition coefficient (Wildman–Crippen LogP) is 4.36. The Morgan fingerprint density at radius 2 is 1.94 bits per heavy atom. The van der Waals surface area contributed by atoms with E-state index in [4.69, 9.17) is 14.6 Å². The van der Waals surface area contributed by atoms with E-state index in [9.17, 15) is 18.0 Å². The fourth-order valence-electron chi connectivity index (χ4n) is 4.31. The average Bonchev–Trinajstić information content (AvgIpc) is 2.85. The fraction of sp³-hybridized carbons (Fsp3) is 0.346. The molecule has 9 heteroatoms. The standard InChI is InChI=1S/C26H27F3N2O4/c27-26(28,29)23-14-20(35-17-25(32)33)8-9-24(23)31-12-13-34-21(16-31)15-30-11-10-19-6-3-5-18-4-1-2-7-22(18)19/h1-9,14,21,30H,10-13,15-17H2,(H,32,33). The van der Waals surface area contributed by atoms with Crippen LogP contribution in [0.4, 0.5) is 18.9 Å². The molecule has 1 heterocycles. The number of anilines is 1. The number of benzene rings is 3. The number of carboxylic acids is 1. The normalized spacial score (nSPS) is 16.4. The van der Waals surface area contributed by atoms with Gasteiger partial charge in [0.25, 0.3) is 0 Å². The largest absolute Gasteiger partial charge is 0.482 e. The van der Waals surface area contributed by atoms with Crippen LogP contribution in [0.2, 0.25) is 0 Å². The molecule has 1 saturated heterocycles. The summed E-state index contributed by atoms with van der Waals surface area (Å²) in [6, 6.07) is 18.0. The van der Waals surface area contributed by atoms with Crippen LogP contribution in [0.25, 0.3) is 10.8 Å². The smallest absolute Gasteiger partial charge is 0.418 e. The van der Waals surface area contributed by atoms with Gasteiger partial charge in [0.15, 0.2) is 6.61 Å². The average molecular weight is 489 g/mol. The lowest BCUT2D eigenvalue weighted by molar-refractivity contribution is -0.139. The number of rotatable bonds is 9. The third-order valence-corrected chi connectivity index (χ3v) is 5.94. The van der Waals surface area contributed by atoms with Gasteiger partial charge in [-0.05, 0) is 47.5 Å². The second kappa shape index (κ2) is 11.0. The summed E-state index contributed by atoms with van der Waals surface area (Å²) >= 11 is 0. The van der Waals surface area contributed by atoms with Gasteiger partial charge in [0, 0.05) is 25.3 Å². The maximum Gasteiger partial charge on any atom is 0.418 e. The highest BCUT2D eigenvalue weighted by Crippen LogP contribution is 2.39. The molecule has 3 aromatic rings. The second-order valence-corrected chi connectivity index (χ2v) is 8.39.